The zero-order valence-electron chi connectivity index (χ0n) is 15.4. The SMILES string of the molecule is Cl.O=C(NCc1ccc2c(c1)CNC2)c1ccc(CN2C(=O)CCC2=O)cc1. The van der Waals surface area contributed by atoms with Gasteiger partial charge in [-0.05, 0) is 34.4 Å². The number of halogens is 1. The summed E-state index contributed by atoms with van der Waals surface area (Å²) in [5.41, 5.74) is 5.07. The summed E-state index contributed by atoms with van der Waals surface area (Å²) >= 11 is 0. The van der Waals surface area contributed by atoms with Crippen LogP contribution in [-0.2, 0) is 35.8 Å². The first kappa shape index (κ1) is 20.0. The molecule has 0 aromatic heterocycles. The highest BCUT2D eigenvalue weighted by Gasteiger charge is 2.28. The van der Waals surface area contributed by atoms with Gasteiger partial charge in [-0.15, -0.1) is 12.4 Å². The molecule has 0 saturated carbocycles. The molecule has 2 N–H and O–H groups in total. The number of likely N-dealkylation sites (tertiary alicyclic amines) is 1. The summed E-state index contributed by atoms with van der Waals surface area (Å²) in [7, 11) is 0. The predicted molar refractivity (Wildman–Crippen MR) is 107 cm³/mol. The van der Waals surface area contributed by atoms with Gasteiger partial charge in [0, 0.05) is 38.0 Å². The van der Waals surface area contributed by atoms with Crippen LogP contribution in [0.4, 0.5) is 0 Å². The Morgan fingerprint density at radius 2 is 1.57 bits per heavy atom. The molecule has 0 aliphatic carbocycles. The number of hydrogen-bond acceptors (Lipinski definition) is 4. The van der Waals surface area contributed by atoms with E-state index in [0.29, 0.717) is 12.1 Å². The van der Waals surface area contributed by atoms with Crippen molar-refractivity contribution in [3.8, 4) is 0 Å². The Morgan fingerprint density at radius 1 is 0.929 bits per heavy atom. The maximum absolute atomic E-state index is 12.4. The van der Waals surface area contributed by atoms with Crippen molar-refractivity contribution in [2.75, 3.05) is 0 Å². The molecule has 4 rings (SSSR count). The van der Waals surface area contributed by atoms with Crippen LogP contribution < -0.4 is 10.6 Å². The Kier molecular flexibility index (Phi) is 6.11. The lowest BCUT2D eigenvalue weighted by atomic mass is 10.1. The summed E-state index contributed by atoms with van der Waals surface area (Å²) in [6.45, 7) is 2.52. The van der Waals surface area contributed by atoms with Crippen LogP contribution in [0.1, 0.15) is 45.5 Å². The second-order valence-corrected chi connectivity index (χ2v) is 6.96. The van der Waals surface area contributed by atoms with Crippen LogP contribution in [0.5, 0.6) is 0 Å². The molecule has 28 heavy (non-hydrogen) atoms. The molecule has 7 heteroatoms. The van der Waals surface area contributed by atoms with Gasteiger partial charge in [-0.1, -0.05) is 30.3 Å². The van der Waals surface area contributed by atoms with Crippen LogP contribution in [0, 0.1) is 0 Å². The third-order valence-electron chi connectivity index (χ3n) is 5.07. The van der Waals surface area contributed by atoms with Crippen molar-refractivity contribution in [2.45, 2.75) is 39.0 Å². The maximum Gasteiger partial charge on any atom is 0.251 e. The second kappa shape index (κ2) is 8.54. The number of fused-ring (bicyclic) bond motifs is 1. The number of carbonyl (C=O) groups is 3. The number of nitrogens with one attached hydrogen (secondary N) is 2. The summed E-state index contributed by atoms with van der Waals surface area (Å²) in [6, 6.07) is 13.3. The van der Waals surface area contributed by atoms with Gasteiger partial charge >= 0.3 is 0 Å². The van der Waals surface area contributed by atoms with Crippen molar-refractivity contribution >= 4 is 30.1 Å². The van der Waals surface area contributed by atoms with Crippen LogP contribution >= 0.6 is 12.4 Å². The molecule has 0 radical (unpaired) electrons. The molecule has 0 atom stereocenters. The van der Waals surface area contributed by atoms with Crippen molar-refractivity contribution in [1.29, 1.82) is 0 Å². The Bertz CT molecular complexity index is 896. The van der Waals surface area contributed by atoms with Crippen molar-refractivity contribution in [3.63, 3.8) is 0 Å². The zero-order valence-corrected chi connectivity index (χ0v) is 16.2. The Balaban J connectivity index is 0.00000225. The van der Waals surface area contributed by atoms with Gasteiger partial charge in [0.15, 0.2) is 0 Å². The summed E-state index contributed by atoms with van der Waals surface area (Å²) in [5.74, 6) is -0.411. The van der Waals surface area contributed by atoms with E-state index in [0.717, 1.165) is 24.2 Å². The molecule has 1 fully saturated rings. The molecule has 0 bridgehead atoms. The minimum absolute atomic E-state index is 0. The maximum atomic E-state index is 12.4. The molecule has 1 saturated heterocycles. The number of carbonyl (C=O) groups excluding carboxylic acids is 3. The topological polar surface area (TPSA) is 78.5 Å². The van der Waals surface area contributed by atoms with Gasteiger partial charge < -0.3 is 10.6 Å². The lowest BCUT2D eigenvalue weighted by molar-refractivity contribution is -0.139. The van der Waals surface area contributed by atoms with E-state index in [1.165, 1.54) is 16.0 Å². The van der Waals surface area contributed by atoms with Gasteiger partial charge in [-0.25, -0.2) is 0 Å². The Morgan fingerprint density at radius 3 is 2.29 bits per heavy atom. The van der Waals surface area contributed by atoms with E-state index in [2.05, 4.69) is 22.8 Å². The molecule has 2 aromatic carbocycles. The molecule has 2 aliphatic rings. The molecule has 0 unspecified atom stereocenters. The van der Waals surface area contributed by atoms with Crippen molar-refractivity contribution in [3.05, 3.63) is 70.3 Å². The average Bonchev–Trinajstić information content (AvgIpc) is 3.28. The molecule has 0 spiro atoms. The van der Waals surface area contributed by atoms with Crippen LogP contribution in [-0.4, -0.2) is 22.6 Å². The van der Waals surface area contributed by atoms with Crippen LogP contribution in [0.2, 0.25) is 0 Å². The summed E-state index contributed by atoms with van der Waals surface area (Å²) in [5, 5.41) is 6.24. The van der Waals surface area contributed by atoms with Crippen LogP contribution in [0.15, 0.2) is 42.5 Å². The quantitative estimate of drug-likeness (QED) is 0.756. The van der Waals surface area contributed by atoms with Gasteiger partial charge in [-0.2, -0.15) is 0 Å². The number of nitrogens with zero attached hydrogens (tertiary/aromatic N) is 1. The first-order valence-corrected chi connectivity index (χ1v) is 9.12. The third-order valence-corrected chi connectivity index (χ3v) is 5.07. The molecule has 6 nitrogen and oxygen atoms in total. The zero-order chi connectivity index (χ0) is 18.8. The number of rotatable bonds is 5. The van der Waals surface area contributed by atoms with Gasteiger partial charge in [0.2, 0.25) is 11.8 Å². The summed E-state index contributed by atoms with van der Waals surface area (Å²) in [4.78, 5) is 37.0. The fraction of sp³-hybridized carbons (Fsp3) is 0.286. The minimum atomic E-state index is -0.145. The van der Waals surface area contributed by atoms with Gasteiger partial charge in [0.25, 0.3) is 5.91 Å². The highest BCUT2D eigenvalue weighted by atomic mass is 35.5. The van der Waals surface area contributed by atoms with Crippen LogP contribution in [0.3, 0.4) is 0 Å². The Hall–Kier alpha value is -2.70. The molecule has 3 amide bonds. The van der Waals surface area contributed by atoms with E-state index >= 15 is 0 Å². The smallest absolute Gasteiger partial charge is 0.251 e. The third kappa shape index (κ3) is 4.24. The number of imide groups is 1. The first-order valence-electron chi connectivity index (χ1n) is 9.12. The fourth-order valence-corrected chi connectivity index (χ4v) is 3.49. The van der Waals surface area contributed by atoms with Crippen molar-refractivity contribution in [2.24, 2.45) is 0 Å². The van der Waals surface area contributed by atoms with Gasteiger partial charge in [0.05, 0.1) is 6.54 Å². The molecule has 2 aliphatic heterocycles. The van der Waals surface area contributed by atoms with Gasteiger partial charge in [0.1, 0.15) is 0 Å². The lowest BCUT2D eigenvalue weighted by Crippen LogP contribution is -2.28. The molecular formula is C21H22ClN3O3. The predicted octanol–water partition coefficient (Wildman–Crippen LogP) is 2.29. The Labute approximate surface area is 169 Å². The van der Waals surface area contributed by atoms with Crippen molar-refractivity contribution < 1.29 is 14.4 Å². The number of benzene rings is 2. The monoisotopic (exact) mass is 399 g/mol. The van der Waals surface area contributed by atoms with E-state index in [-0.39, 0.29) is 49.5 Å². The standard InChI is InChI=1S/C21H21N3O3.ClH/c25-19-7-8-20(26)24(19)13-14-1-4-16(5-2-14)21(27)23-10-15-3-6-17-11-22-12-18(17)9-15;/h1-6,9,22H,7-8,10-13H2,(H,23,27);1H. The molecule has 2 heterocycles. The molecular weight excluding hydrogens is 378 g/mol. The second-order valence-electron chi connectivity index (χ2n) is 6.96. The highest BCUT2D eigenvalue weighted by molar-refractivity contribution is 6.01. The summed E-state index contributed by atoms with van der Waals surface area (Å²) < 4.78 is 0. The normalized spacial score (nSPS) is 15.4. The minimum Gasteiger partial charge on any atom is -0.348 e. The molecule has 2 aromatic rings. The largest absolute Gasteiger partial charge is 0.348 e. The van der Waals surface area contributed by atoms with Crippen molar-refractivity contribution in [1.82, 2.24) is 15.5 Å². The number of amides is 3. The van der Waals surface area contributed by atoms with Crippen LogP contribution in [0.25, 0.3) is 0 Å². The highest BCUT2D eigenvalue weighted by Crippen LogP contribution is 2.18. The average molecular weight is 400 g/mol. The number of hydrogen-bond donors (Lipinski definition) is 2. The van der Waals surface area contributed by atoms with E-state index in [1.807, 2.05) is 6.07 Å². The fourth-order valence-electron chi connectivity index (χ4n) is 3.49. The van der Waals surface area contributed by atoms with E-state index in [9.17, 15) is 14.4 Å². The van der Waals surface area contributed by atoms with E-state index in [1.54, 1.807) is 24.3 Å². The molecule has 146 valence electrons. The first-order chi connectivity index (χ1) is 13.1. The summed E-state index contributed by atoms with van der Waals surface area (Å²) in [6.07, 6.45) is 0.580. The lowest BCUT2D eigenvalue weighted by Gasteiger charge is -2.14. The van der Waals surface area contributed by atoms with E-state index < -0.39 is 0 Å². The van der Waals surface area contributed by atoms with E-state index in [4.69, 9.17) is 0 Å². The van der Waals surface area contributed by atoms with Gasteiger partial charge in [-0.3, -0.25) is 19.3 Å².